The Morgan fingerprint density at radius 1 is 0.522 bits per heavy atom. The van der Waals surface area contributed by atoms with Crippen LogP contribution >= 0.6 is 22.7 Å². The molecule has 380 valence electrons. The molecule has 0 bridgehead atoms. The van der Waals surface area contributed by atoms with Gasteiger partial charge < -0.3 is 46.7 Å². The molecule has 2 N–H and O–H groups in total. The average Bonchev–Trinajstić information content (AvgIpc) is 3.90. The van der Waals surface area contributed by atoms with Crippen LogP contribution in [0.2, 0.25) is 12.1 Å². The van der Waals surface area contributed by atoms with Crippen LogP contribution in [0.1, 0.15) is 75.3 Å². The molecule has 0 radical (unpaired) electrons. The second kappa shape index (κ2) is 24.3. The lowest BCUT2D eigenvalue weighted by atomic mass is 9.94. The van der Waals surface area contributed by atoms with E-state index in [0.717, 1.165) is 22.7 Å². The lowest BCUT2D eigenvalue weighted by Crippen LogP contribution is -2.48. The van der Waals surface area contributed by atoms with E-state index in [1.165, 1.54) is 74.5 Å². The van der Waals surface area contributed by atoms with E-state index < -0.39 is 69.8 Å². The fraction of sp³-hybridized carbons (Fsp3) is 0.489. The number of hydrogen-bond donors (Lipinski definition) is 2. The van der Waals surface area contributed by atoms with E-state index in [1.54, 1.807) is 0 Å². The van der Waals surface area contributed by atoms with Crippen molar-refractivity contribution in [1.29, 1.82) is 0 Å². The fourth-order valence-electron chi connectivity index (χ4n) is 7.83. The molecule has 0 spiro atoms. The van der Waals surface area contributed by atoms with Gasteiger partial charge in [0, 0.05) is 95.5 Å². The number of allylic oxidation sites excluding steroid dienone is 2. The molecule has 69 heavy (non-hydrogen) atoms. The summed E-state index contributed by atoms with van der Waals surface area (Å²) in [5.74, 6) is -16.0. The third-order valence-corrected chi connectivity index (χ3v) is 19.3. The molecule has 2 amide bonds. The number of nitrogens with one attached hydrogen (secondary N) is 2. The number of ether oxygens (including phenoxy) is 2. The minimum absolute atomic E-state index is 0.111. The first-order valence-corrected chi connectivity index (χ1v) is 28.3. The number of carbonyl (C=O) groups excluding carboxylic acids is 2. The molecule has 5 rings (SSSR count). The van der Waals surface area contributed by atoms with Gasteiger partial charge in [-0.2, -0.15) is 26.3 Å². The van der Waals surface area contributed by atoms with Gasteiger partial charge in [0.2, 0.25) is 0 Å². The number of carbonyl (C=O) groups is 2. The highest BCUT2D eigenvalue weighted by Gasteiger charge is 2.80. The predicted octanol–water partition coefficient (Wildman–Crippen LogP) is 12.6. The summed E-state index contributed by atoms with van der Waals surface area (Å²) in [5, 5.41) is 5.34. The quantitative estimate of drug-likeness (QED) is 0.0356. The minimum atomic E-state index is -5.76. The summed E-state index contributed by atoms with van der Waals surface area (Å²) in [6.07, 6.45) is -0.459. The number of aryl methyl sites for hydroxylation is 2. The second-order valence-corrected chi connectivity index (χ2v) is 23.5. The Hall–Kier alpha value is -4.11. The maximum atomic E-state index is 16.0. The molecule has 0 saturated heterocycles. The molecule has 1 aliphatic rings. The topological polar surface area (TPSA) is 132 Å². The molecule has 0 fully saturated rings. The first kappa shape index (κ1) is 55.8. The van der Waals surface area contributed by atoms with E-state index in [-0.39, 0.29) is 34.3 Å². The first-order chi connectivity index (χ1) is 32.8. The van der Waals surface area contributed by atoms with Crippen LogP contribution in [0.5, 0.6) is 11.5 Å². The number of hydrogen-bond acceptors (Lipinski definition) is 12. The van der Waals surface area contributed by atoms with Gasteiger partial charge in [-0.3, -0.25) is 0 Å². The Balaban J connectivity index is 1.30. The van der Waals surface area contributed by atoms with Crippen molar-refractivity contribution in [2.45, 2.75) is 98.1 Å². The van der Waals surface area contributed by atoms with Gasteiger partial charge in [-0.25, -0.2) is 9.59 Å². The second-order valence-electron chi connectivity index (χ2n) is 15.5. The van der Waals surface area contributed by atoms with Gasteiger partial charge in [0.25, 0.3) is 0 Å². The van der Waals surface area contributed by atoms with Crippen molar-refractivity contribution in [3.63, 3.8) is 0 Å². The number of benzene rings is 2. The van der Waals surface area contributed by atoms with E-state index in [2.05, 4.69) is 10.6 Å². The Morgan fingerprint density at radius 2 is 0.826 bits per heavy atom. The minimum Gasteiger partial charge on any atom is -0.410 e. The third kappa shape index (κ3) is 12.9. The summed E-state index contributed by atoms with van der Waals surface area (Å²) in [6.45, 7) is 16.9. The van der Waals surface area contributed by atoms with Gasteiger partial charge in [-0.05, 0) is 151 Å². The van der Waals surface area contributed by atoms with Crippen molar-refractivity contribution in [3.8, 4) is 32.4 Å². The van der Waals surface area contributed by atoms with Crippen molar-refractivity contribution in [3.05, 3.63) is 81.5 Å². The van der Waals surface area contributed by atoms with Crippen LogP contribution < -0.4 is 20.1 Å². The van der Waals surface area contributed by atoms with Crippen LogP contribution in [0, 0.1) is 13.8 Å². The van der Waals surface area contributed by atoms with Crippen LogP contribution in [0.15, 0.2) is 60.7 Å². The maximum Gasteiger partial charge on any atom is 0.500 e. The van der Waals surface area contributed by atoms with Crippen molar-refractivity contribution in [1.82, 2.24) is 10.6 Å². The SMILES string of the molecule is CCO[Si](CCCNC(=O)Oc1ccc(-c2cc(C3=C(c4cc(-c5ccc(OC(=O)NCCC[Si](OCC)(OCC)OCC)cc5)sc4C)C(F)(F)C(F)(F)C3(F)F)c(C)s2)cc1)(OCC)OCC. The van der Waals surface area contributed by atoms with Crippen molar-refractivity contribution >= 4 is 63.6 Å². The molecule has 1 aliphatic carbocycles. The summed E-state index contributed by atoms with van der Waals surface area (Å²) in [5.41, 5.74) is -2.91. The first-order valence-electron chi connectivity index (χ1n) is 22.8. The smallest absolute Gasteiger partial charge is 0.410 e. The Morgan fingerprint density at radius 3 is 1.12 bits per heavy atom. The van der Waals surface area contributed by atoms with Gasteiger partial charge >= 0.3 is 47.6 Å². The van der Waals surface area contributed by atoms with Crippen LogP contribution in [0.4, 0.5) is 35.9 Å². The van der Waals surface area contributed by atoms with Crippen LogP contribution in [0.25, 0.3) is 32.0 Å². The molecule has 4 aromatic rings. The Labute approximate surface area is 409 Å². The molecular formula is C47H60F6N2O10S2Si2. The number of thiophene rings is 2. The zero-order valence-corrected chi connectivity index (χ0v) is 43.6. The van der Waals surface area contributed by atoms with E-state index in [0.29, 0.717) is 85.5 Å². The van der Waals surface area contributed by atoms with Crippen LogP contribution in [-0.2, 0) is 26.6 Å². The normalized spacial score (nSPS) is 15.4. The van der Waals surface area contributed by atoms with Crippen LogP contribution in [-0.4, -0.2) is 100 Å². The predicted molar refractivity (Wildman–Crippen MR) is 259 cm³/mol. The zero-order chi connectivity index (χ0) is 50.6. The largest absolute Gasteiger partial charge is 0.500 e. The average molecular weight is 1050 g/mol. The highest BCUT2D eigenvalue weighted by atomic mass is 32.1. The Kier molecular flexibility index (Phi) is 19.7. The summed E-state index contributed by atoms with van der Waals surface area (Å²) < 4.78 is 141. The third-order valence-electron chi connectivity index (χ3n) is 10.8. The molecule has 0 atom stereocenters. The summed E-state index contributed by atoms with van der Waals surface area (Å²) in [7, 11) is -5.79. The molecule has 0 saturated carbocycles. The van der Waals surface area contributed by atoms with Gasteiger partial charge in [-0.1, -0.05) is 0 Å². The summed E-state index contributed by atoms with van der Waals surface area (Å²) in [6, 6.07) is 15.4. The van der Waals surface area contributed by atoms with Gasteiger partial charge in [0.1, 0.15) is 11.5 Å². The lowest BCUT2D eigenvalue weighted by Gasteiger charge is -2.28. The highest BCUT2D eigenvalue weighted by Crippen LogP contribution is 2.66. The number of alkyl halides is 6. The lowest BCUT2D eigenvalue weighted by molar-refractivity contribution is -0.254. The number of amides is 2. The highest BCUT2D eigenvalue weighted by molar-refractivity contribution is 7.16. The summed E-state index contributed by atoms with van der Waals surface area (Å²) in [4.78, 5) is 26.1. The van der Waals surface area contributed by atoms with Gasteiger partial charge in [0.05, 0.1) is 0 Å². The molecule has 12 nitrogen and oxygen atoms in total. The maximum absolute atomic E-state index is 16.0. The Bertz CT molecular complexity index is 2170. The molecule has 2 aromatic carbocycles. The van der Waals surface area contributed by atoms with Crippen LogP contribution in [0.3, 0.4) is 0 Å². The molecule has 22 heteroatoms. The van der Waals surface area contributed by atoms with E-state index in [1.807, 2.05) is 41.5 Å². The number of halogens is 6. The number of rotatable bonds is 26. The standard InChI is InChI=1S/C47H60F6N2O10S2Si2/c1-9-58-68(59-10-2,60-11-3)27-15-25-54-43(56)64-35-21-17-33(18-22-35)39-29-37(31(7)66-39)41-42(46(50,51)47(52,53)45(41,48)49)38-30-40(67-32(38)8)34-19-23-36(24-20-34)65-44(57)55-26-16-28-69(61-12-4,62-13-5)63-14-6/h17-24,29-30H,9-16,25-28H2,1-8H3,(H,54,56)(H,55,57). The molecule has 0 unspecified atom stereocenters. The fourth-order valence-corrected chi connectivity index (χ4v) is 15.1. The van der Waals surface area contributed by atoms with Crippen molar-refractivity contribution < 1.29 is 72.0 Å². The molecule has 2 heterocycles. The monoisotopic (exact) mass is 1050 g/mol. The van der Waals surface area contributed by atoms with Crippen molar-refractivity contribution in [2.24, 2.45) is 0 Å². The van der Waals surface area contributed by atoms with Crippen molar-refractivity contribution in [2.75, 3.05) is 52.7 Å². The zero-order valence-electron chi connectivity index (χ0n) is 39.9. The van der Waals surface area contributed by atoms with E-state index in [4.69, 9.17) is 36.0 Å². The van der Waals surface area contributed by atoms with E-state index >= 15 is 26.3 Å². The van der Waals surface area contributed by atoms with Gasteiger partial charge in [-0.15, -0.1) is 22.7 Å². The molecular weight excluding hydrogens is 987 g/mol. The molecule has 0 aliphatic heterocycles. The summed E-state index contributed by atoms with van der Waals surface area (Å²) >= 11 is 1.93. The van der Waals surface area contributed by atoms with Gasteiger partial charge in [0.15, 0.2) is 0 Å². The molecule has 2 aromatic heterocycles. The van der Waals surface area contributed by atoms with E-state index in [9.17, 15) is 9.59 Å².